The van der Waals surface area contributed by atoms with Gasteiger partial charge in [0, 0.05) is 23.3 Å². The van der Waals surface area contributed by atoms with Gasteiger partial charge in [0.2, 0.25) is 0 Å². The second-order valence-electron chi connectivity index (χ2n) is 6.78. The number of nitrogen functional groups attached to an aromatic ring is 1. The lowest BCUT2D eigenvalue weighted by Crippen LogP contribution is -2.21. The van der Waals surface area contributed by atoms with Crippen molar-refractivity contribution in [2.75, 3.05) is 12.3 Å². The normalized spacial score (nSPS) is 12.1. The zero-order chi connectivity index (χ0) is 21.1. The predicted octanol–water partition coefficient (Wildman–Crippen LogP) is 3.28. The smallest absolute Gasteiger partial charge is 0.135 e. The Morgan fingerprint density at radius 3 is 2.43 bits per heavy atom. The van der Waals surface area contributed by atoms with Crippen LogP contribution in [0.25, 0.3) is 22.4 Å². The van der Waals surface area contributed by atoms with Crippen molar-refractivity contribution >= 4 is 17.4 Å². The fourth-order valence-corrected chi connectivity index (χ4v) is 3.61. The van der Waals surface area contributed by atoms with Gasteiger partial charge in [-0.25, -0.2) is 9.97 Å². The molecular formula is C22H21ClN6O. The van der Waals surface area contributed by atoms with Gasteiger partial charge in [-0.2, -0.15) is 5.10 Å². The lowest BCUT2D eigenvalue weighted by molar-refractivity contribution is 0.275. The molecule has 0 aliphatic heterocycles. The van der Waals surface area contributed by atoms with E-state index in [-0.39, 0.29) is 12.6 Å². The highest BCUT2D eigenvalue weighted by atomic mass is 35.5. The average molecular weight is 421 g/mol. The van der Waals surface area contributed by atoms with Crippen LogP contribution in [0.2, 0.25) is 5.02 Å². The molecule has 0 aliphatic rings. The van der Waals surface area contributed by atoms with E-state index < -0.39 is 0 Å². The van der Waals surface area contributed by atoms with Crippen LogP contribution in [0.1, 0.15) is 17.3 Å². The number of nitrogens with zero attached hydrogens (tertiary/aromatic N) is 4. The molecule has 0 aliphatic carbocycles. The number of aliphatic hydroxyl groups is 1. The van der Waals surface area contributed by atoms with Crippen molar-refractivity contribution in [1.82, 2.24) is 19.7 Å². The topological polar surface area (TPSA) is 116 Å². The largest absolute Gasteiger partial charge is 0.390 e. The minimum absolute atomic E-state index is 0.177. The fraction of sp³-hybridized carbons (Fsp3) is 0.136. The van der Waals surface area contributed by atoms with Gasteiger partial charge in [-0.3, -0.25) is 4.68 Å². The van der Waals surface area contributed by atoms with Gasteiger partial charge < -0.3 is 16.6 Å². The molecule has 1 unspecified atom stereocenters. The summed E-state index contributed by atoms with van der Waals surface area (Å²) in [5, 5.41) is 15.2. The van der Waals surface area contributed by atoms with Crippen molar-refractivity contribution in [2.24, 2.45) is 5.73 Å². The number of halogens is 1. The summed E-state index contributed by atoms with van der Waals surface area (Å²) in [4.78, 5) is 8.62. The molecule has 30 heavy (non-hydrogen) atoms. The van der Waals surface area contributed by atoms with E-state index in [1.807, 2.05) is 48.7 Å². The molecule has 0 radical (unpaired) electrons. The minimum atomic E-state index is -0.252. The number of rotatable bonds is 6. The van der Waals surface area contributed by atoms with Gasteiger partial charge in [-0.05, 0) is 23.3 Å². The third kappa shape index (κ3) is 3.78. The highest BCUT2D eigenvalue weighted by Gasteiger charge is 2.22. The Morgan fingerprint density at radius 1 is 1.03 bits per heavy atom. The summed E-state index contributed by atoms with van der Waals surface area (Å²) in [6.45, 7) is 0.102. The maximum absolute atomic E-state index is 9.99. The number of anilines is 1. The second kappa shape index (κ2) is 8.62. The molecule has 0 amide bonds. The van der Waals surface area contributed by atoms with Crippen LogP contribution in [-0.2, 0) is 6.61 Å². The van der Waals surface area contributed by atoms with E-state index in [2.05, 4.69) is 15.1 Å². The Hall–Kier alpha value is -3.26. The Labute approximate surface area is 179 Å². The molecule has 0 spiro atoms. The molecule has 0 bridgehead atoms. The molecule has 4 aromatic rings. The summed E-state index contributed by atoms with van der Waals surface area (Å²) in [6.07, 6.45) is 3.25. The number of hydrogen-bond acceptors (Lipinski definition) is 6. The van der Waals surface area contributed by atoms with Crippen molar-refractivity contribution < 1.29 is 5.11 Å². The van der Waals surface area contributed by atoms with Crippen LogP contribution in [0.3, 0.4) is 0 Å². The van der Waals surface area contributed by atoms with Gasteiger partial charge >= 0.3 is 0 Å². The van der Waals surface area contributed by atoms with Crippen molar-refractivity contribution in [3.05, 3.63) is 83.4 Å². The average Bonchev–Trinajstić information content (AvgIpc) is 3.19. The first-order valence-electron chi connectivity index (χ1n) is 9.43. The Balaban J connectivity index is 1.86. The van der Waals surface area contributed by atoms with Crippen LogP contribution in [0, 0.1) is 0 Å². The van der Waals surface area contributed by atoms with E-state index in [1.54, 1.807) is 16.8 Å². The maximum Gasteiger partial charge on any atom is 0.135 e. The number of benzene rings is 2. The van der Waals surface area contributed by atoms with Gasteiger partial charge in [0.1, 0.15) is 12.1 Å². The monoisotopic (exact) mass is 420 g/mol. The van der Waals surface area contributed by atoms with Crippen molar-refractivity contribution in [3.63, 3.8) is 0 Å². The maximum atomic E-state index is 9.99. The van der Waals surface area contributed by atoms with Crippen molar-refractivity contribution in [2.45, 2.75) is 12.6 Å². The summed E-state index contributed by atoms with van der Waals surface area (Å²) in [5.41, 5.74) is 16.5. The zero-order valence-electron chi connectivity index (χ0n) is 16.1. The SMILES string of the molecule is NCC(c1ccccc1)n1cc(-c2ncnc(N)c2-c2ccc(Cl)cc2)c(CO)n1. The summed E-state index contributed by atoms with van der Waals surface area (Å²) < 4.78 is 1.76. The molecule has 2 heterocycles. The molecule has 152 valence electrons. The number of aliphatic hydroxyl groups excluding tert-OH is 1. The van der Waals surface area contributed by atoms with E-state index in [1.165, 1.54) is 6.33 Å². The molecule has 2 aromatic heterocycles. The number of aromatic nitrogens is 4. The van der Waals surface area contributed by atoms with Gasteiger partial charge in [0.15, 0.2) is 0 Å². The van der Waals surface area contributed by atoms with E-state index >= 15 is 0 Å². The molecule has 8 heteroatoms. The van der Waals surface area contributed by atoms with Gasteiger partial charge in [0.05, 0.1) is 29.6 Å². The van der Waals surface area contributed by atoms with Gasteiger partial charge in [-0.1, -0.05) is 54.1 Å². The minimum Gasteiger partial charge on any atom is -0.390 e. The quantitative estimate of drug-likeness (QED) is 0.440. The van der Waals surface area contributed by atoms with Crippen LogP contribution in [0.4, 0.5) is 5.82 Å². The molecule has 0 saturated heterocycles. The van der Waals surface area contributed by atoms with E-state index in [9.17, 15) is 5.11 Å². The van der Waals surface area contributed by atoms with E-state index in [0.717, 1.165) is 11.1 Å². The molecule has 0 saturated carbocycles. The molecular weight excluding hydrogens is 400 g/mol. The highest BCUT2D eigenvalue weighted by Crippen LogP contribution is 2.36. The van der Waals surface area contributed by atoms with Crippen LogP contribution in [0.15, 0.2) is 67.1 Å². The number of nitrogens with two attached hydrogens (primary N) is 2. The van der Waals surface area contributed by atoms with Crippen LogP contribution < -0.4 is 11.5 Å². The molecule has 7 nitrogen and oxygen atoms in total. The lowest BCUT2D eigenvalue weighted by Gasteiger charge is -2.15. The van der Waals surface area contributed by atoms with Crippen LogP contribution in [-0.4, -0.2) is 31.4 Å². The highest BCUT2D eigenvalue weighted by molar-refractivity contribution is 6.30. The standard InChI is InChI=1S/C22H21ClN6O/c23-16-8-6-15(7-9-16)20-21(26-13-27-22(20)25)17-11-29(28-18(17)12-30)19(10-24)14-4-2-1-3-5-14/h1-9,11,13,19,30H,10,12,24H2,(H2,25,26,27). The lowest BCUT2D eigenvalue weighted by atomic mass is 10.00. The Kier molecular flexibility index (Phi) is 5.76. The van der Waals surface area contributed by atoms with Crippen molar-refractivity contribution in [3.8, 4) is 22.4 Å². The predicted molar refractivity (Wildman–Crippen MR) is 118 cm³/mol. The van der Waals surface area contributed by atoms with Crippen LogP contribution >= 0.6 is 11.6 Å². The van der Waals surface area contributed by atoms with E-state index in [4.69, 9.17) is 23.1 Å². The molecule has 1 atom stereocenters. The van der Waals surface area contributed by atoms with Gasteiger partial charge in [-0.15, -0.1) is 0 Å². The fourth-order valence-electron chi connectivity index (χ4n) is 3.48. The third-order valence-electron chi connectivity index (χ3n) is 4.95. The Morgan fingerprint density at radius 2 is 1.77 bits per heavy atom. The third-order valence-corrected chi connectivity index (χ3v) is 5.20. The first-order valence-corrected chi connectivity index (χ1v) is 9.80. The molecule has 4 rings (SSSR count). The summed E-state index contributed by atoms with van der Waals surface area (Å²) >= 11 is 6.04. The summed E-state index contributed by atoms with van der Waals surface area (Å²) in [5.74, 6) is 0.331. The summed E-state index contributed by atoms with van der Waals surface area (Å²) in [6, 6.07) is 17.0. The first-order chi connectivity index (χ1) is 14.6. The first kappa shape index (κ1) is 20.0. The van der Waals surface area contributed by atoms with Gasteiger partial charge in [0.25, 0.3) is 0 Å². The zero-order valence-corrected chi connectivity index (χ0v) is 16.9. The molecule has 2 aromatic carbocycles. The second-order valence-corrected chi connectivity index (χ2v) is 7.22. The number of hydrogen-bond donors (Lipinski definition) is 3. The van der Waals surface area contributed by atoms with Crippen molar-refractivity contribution in [1.29, 1.82) is 0 Å². The molecule has 5 N–H and O–H groups in total. The Bertz CT molecular complexity index is 1140. The summed E-state index contributed by atoms with van der Waals surface area (Å²) in [7, 11) is 0. The van der Waals surface area contributed by atoms with Crippen LogP contribution in [0.5, 0.6) is 0 Å². The molecule has 0 fully saturated rings. The van der Waals surface area contributed by atoms with E-state index in [0.29, 0.717) is 39.9 Å².